The summed E-state index contributed by atoms with van der Waals surface area (Å²) >= 11 is 12.7. The number of esters is 1. The van der Waals surface area contributed by atoms with Crippen LogP contribution in [0.3, 0.4) is 0 Å². The molecule has 0 bridgehead atoms. The van der Waals surface area contributed by atoms with Crippen molar-refractivity contribution < 1.29 is 24.2 Å². The molecular formula is C27H25Cl2NO5. The van der Waals surface area contributed by atoms with Crippen molar-refractivity contribution in [2.45, 2.75) is 32.9 Å². The van der Waals surface area contributed by atoms with E-state index < -0.39 is 23.8 Å². The Morgan fingerprint density at radius 3 is 2.17 bits per heavy atom. The second-order valence-electron chi connectivity index (χ2n) is 7.71. The van der Waals surface area contributed by atoms with Gasteiger partial charge < -0.3 is 14.7 Å². The number of carbonyl (C=O) groups excluding carboxylic acids is 3. The van der Waals surface area contributed by atoms with Crippen molar-refractivity contribution >= 4 is 46.5 Å². The maximum absolute atomic E-state index is 13.6. The van der Waals surface area contributed by atoms with E-state index in [0.717, 1.165) is 5.56 Å². The average molecular weight is 514 g/mol. The van der Waals surface area contributed by atoms with E-state index in [1.54, 1.807) is 38.1 Å². The molecule has 182 valence electrons. The Hall–Kier alpha value is -3.19. The van der Waals surface area contributed by atoms with Gasteiger partial charge in [0.05, 0.1) is 34.4 Å². The number of amides is 1. The number of hydrogen-bond donors (Lipinski definition) is 1. The van der Waals surface area contributed by atoms with Crippen molar-refractivity contribution in [1.29, 1.82) is 0 Å². The van der Waals surface area contributed by atoms with Gasteiger partial charge in [-0.2, -0.15) is 0 Å². The summed E-state index contributed by atoms with van der Waals surface area (Å²) < 4.78 is 5.11. The molecule has 0 saturated heterocycles. The van der Waals surface area contributed by atoms with E-state index in [0.29, 0.717) is 0 Å². The van der Waals surface area contributed by atoms with Crippen molar-refractivity contribution in [3.05, 3.63) is 99.0 Å². The van der Waals surface area contributed by atoms with E-state index in [2.05, 4.69) is 0 Å². The predicted molar refractivity (Wildman–Crippen MR) is 136 cm³/mol. The molecule has 35 heavy (non-hydrogen) atoms. The van der Waals surface area contributed by atoms with Gasteiger partial charge in [0.2, 0.25) is 0 Å². The van der Waals surface area contributed by atoms with Gasteiger partial charge in [0.15, 0.2) is 5.78 Å². The standard InChI is InChI=1S/C27H25Cl2NO5/c1-3-24(31)26(33)30(16-17-10-6-5-7-11-17)23-15-19(27(34)35-4-2)22(29)14-20(23)25(32)18-12-8-9-13-21(18)28/h5-15,24,31H,3-4,16H2,1-2H3. The van der Waals surface area contributed by atoms with Gasteiger partial charge >= 0.3 is 5.97 Å². The Kier molecular flexibility index (Phi) is 9.04. The number of anilines is 1. The minimum absolute atomic E-state index is 0.00363. The first-order chi connectivity index (χ1) is 16.8. The minimum Gasteiger partial charge on any atom is -0.462 e. The Balaban J connectivity index is 2.26. The summed E-state index contributed by atoms with van der Waals surface area (Å²) in [6.45, 7) is 3.49. The predicted octanol–water partition coefficient (Wildman–Crippen LogP) is 5.71. The molecule has 1 unspecified atom stereocenters. The molecule has 0 aromatic heterocycles. The molecule has 8 heteroatoms. The SMILES string of the molecule is CCOC(=O)c1cc(N(Cc2ccccc2)C(=O)C(O)CC)c(C(=O)c2ccccc2Cl)cc1Cl. The van der Waals surface area contributed by atoms with Gasteiger partial charge in [0, 0.05) is 11.1 Å². The van der Waals surface area contributed by atoms with Crippen LogP contribution in [0.4, 0.5) is 5.69 Å². The zero-order valence-corrected chi connectivity index (χ0v) is 20.8. The second-order valence-corrected chi connectivity index (χ2v) is 8.53. The Labute approximate surface area is 214 Å². The molecule has 0 saturated carbocycles. The molecule has 0 aliphatic rings. The number of nitrogens with zero attached hydrogens (tertiary/aromatic N) is 1. The Morgan fingerprint density at radius 2 is 1.54 bits per heavy atom. The van der Waals surface area contributed by atoms with E-state index >= 15 is 0 Å². The first-order valence-corrected chi connectivity index (χ1v) is 11.9. The average Bonchev–Trinajstić information content (AvgIpc) is 2.87. The lowest BCUT2D eigenvalue weighted by Gasteiger charge is -2.28. The lowest BCUT2D eigenvalue weighted by atomic mass is 9.98. The number of hydrogen-bond acceptors (Lipinski definition) is 5. The normalized spacial score (nSPS) is 11.6. The number of carbonyl (C=O) groups is 3. The van der Waals surface area contributed by atoms with E-state index in [-0.39, 0.29) is 52.0 Å². The molecule has 0 fully saturated rings. The summed E-state index contributed by atoms with van der Waals surface area (Å²) in [4.78, 5) is 40.8. The van der Waals surface area contributed by atoms with Gasteiger partial charge in [-0.05, 0) is 43.2 Å². The van der Waals surface area contributed by atoms with E-state index in [1.165, 1.54) is 17.0 Å². The molecular weight excluding hydrogens is 489 g/mol. The molecule has 0 aliphatic heterocycles. The monoisotopic (exact) mass is 513 g/mol. The third-order valence-corrected chi connectivity index (χ3v) is 6.00. The van der Waals surface area contributed by atoms with Crippen LogP contribution >= 0.6 is 23.2 Å². The maximum Gasteiger partial charge on any atom is 0.339 e. The molecule has 0 radical (unpaired) electrons. The molecule has 6 nitrogen and oxygen atoms in total. The van der Waals surface area contributed by atoms with Crippen LogP contribution < -0.4 is 4.90 Å². The Bertz CT molecular complexity index is 1230. The number of aliphatic hydroxyl groups excluding tert-OH is 1. The fraction of sp³-hybridized carbons (Fsp3) is 0.222. The molecule has 0 heterocycles. The van der Waals surface area contributed by atoms with Crippen molar-refractivity contribution in [2.75, 3.05) is 11.5 Å². The van der Waals surface area contributed by atoms with Gasteiger partial charge in [-0.15, -0.1) is 0 Å². The zero-order valence-electron chi connectivity index (χ0n) is 19.3. The highest BCUT2D eigenvalue weighted by atomic mass is 35.5. The summed E-state index contributed by atoms with van der Waals surface area (Å²) in [5, 5.41) is 10.6. The number of rotatable bonds is 9. The quantitative estimate of drug-likeness (QED) is 0.292. The van der Waals surface area contributed by atoms with Gasteiger partial charge in [0.1, 0.15) is 6.10 Å². The minimum atomic E-state index is -1.32. The molecule has 3 aromatic carbocycles. The highest BCUT2D eigenvalue weighted by Gasteiger charge is 2.30. The number of aliphatic hydroxyl groups is 1. The molecule has 1 atom stereocenters. The smallest absolute Gasteiger partial charge is 0.339 e. The summed E-state index contributed by atoms with van der Waals surface area (Å²) in [5.74, 6) is -1.81. The van der Waals surface area contributed by atoms with Crippen LogP contribution in [0.15, 0.2) is 66.7 Å². The number of ether oxygens (including phenoxy) is 1. The number of halogens is 2. The van der Waals surface area contributed by atoms with E-state index in [1.807, 2.05) is 30.3 Å². The summed E-state index contributed by atoms with van der Waals surface area (Å²) in [6.07, 6.45) is -1.15. The topological polar surface area (TPSA) is 83.9 Å². The fourth-order valence-electron chi connectivity index (χ4n) is 3.53. The van der Waals surface area contributed by atoms with E-state index in [4.69, 9.17) is 27.9 Å². The Morgan fingerprint density at radius 1 is 0.886 bits per heavy atom. The molecule has 3 rings (SSSR count). The molecule has 1 amide bonds. The van der Waals surface area contributed by atoms with Crippen LogP contribution in [0, 0.1) is 0 Å². The first kappa shape index (κ1) is 26.4. The van der Waals surface area contributed by atoms with Crippen LogP contribution in [0.2, 0.25) is 10.0 Å². The van der Waals surface area contributed by atoms with Crippen LogP contribution in [-0.2, 0) is 16.1 Å². The highest BCUT2D eigenvalue weighted by Crippen LogP contribution is 2.33. The number of ketones is 1. The van der Waals surface area contributed by atoms with Gasteiger partial charge in [-0.25, -0.2) is 4.79 Å². The second kappa shape index (κ2) is 12.0. The fourth-order valence-corrected chi connectivity index (χ4v) is 3.99. The van der Waals surface area contributed by atoms with Crippen LogP contribution in [-0.4, -0.2) is 35.5 Å². The van der Waals surface area contributed by atoms with Crippen LogP contribution in [0.1, 0.15) is 52.1 Å². The maximum atomic E-state index is 13.6. The van der Waals surface area contributed by atoms with Crippen molar-refractivity contribution in [2.24, 2.45) is 0 Å². The summed E-state index contributed by atoms with van der Waals surface area (Å²) in [7, 11) is 0. The third kappa shape index (κ3) is 6.09. The van der Waals surface area contributed by atoms with Crippen molar-refractivity contribution in [1.82, 2.24) is 0 Å². The number of benzene rings is 3. The highest BCUT2D eigenvalue weighted by molar-refractivity contribution is 6.37. The lowest BCUT2D eigenvalue weighted by molar-refractivity contribution is -0.126. The van der Waals surface area contributed by atoms with Crippen LogP contribution in [0.25, 0.3) is 0 Å². The van der Waals surface area contributed by atoms with Crippen molar-refractivity contribution in [3.63, 3.8) is 0 Å². The van der Waals surface area contributed by atoms with Gasteiger partial charge in [-0.1, -0.05) is 72.6 Å². The third-order valence-electron chi connectivity index (χ3n) is 5.36. The van der Waals surface area contributed by atoms with Gasteiger partial charge in [-0.3, -0.25) is 9.59 Å². The molecule has 0 aliphatic carbocycles. The lowest BCUT2D eigenvalue weighted by Crippen LogP contribution is -2.39. The zero-order chi connectivity index (χ0) is 25.5. The van der Waals surface area contributed by atoms with E-state index in [9.17, 15) is 19.5 Å². The molecule has 1 N–H and O–H groups in total. The molecule has 0 spiro atoms. The largest absolute Gasteiger partial charge is 0.462 e. The van der Waals surface area contributed by atoms with Crippen molar-refractivity contribution in [3.8, 4) is 0 Å². The van der Waals surface area contributed by atoms with Crippen LogP contribution in [0.5, 0.6) is 0 Å². The molecule has 3 aromatic rings. The van der Waals surface area contributed by atoms with Gasteiger partial charge in [0.25, 0.3) is 5.91 Å². The summed E-state index contributed by atoms with van der Waals surface area (Å²) in [6, 6.07) is 18.3. The first-order valence-electron chi connectivity index (χ1n) is 11.1. The summed E-state index contributed by atoms with van der Waals surface area (Å²) in [5.41, 5.74) is 1.13.